The van der Waals surface area contributed by atoms with E-state index in [1.54, 1.807) is 0 Å². The standard InChI is InChI=1S/C14H17NO/c1-11-8-9-14(16-11)10-15-12(2)13-6-4-3-5-7-13/h3-9,12,15H,10H2,1-2H3. The molecule has 2 rings (SSSR count). The molecule has 0 aliphatic rings. The summed E-state index contributed by atoms with van der Waals surface area (Å²) >= 11 is 0. The molecular formula is C14H17NO. The Hall–Kier alpha value is -1.54. The SMILES string of the molecule is Cc1ccc(CNC(C)c2ccccc2)o1. The predicted octanol–water partition coefficient (Wildman–Crippen LogP) is 3.44. The zero-order valence-corrected chi connectivity index (χ0v) is 9.73. The first-order valence-corrected chi connectivity index (χ1v) is 5.59. The summed E-state index contributed by atoms with van der Waals surface area (Å²) in [7, 11) is 0. The Morgan fingerprint density at radius 2 is 1.88 bits per heavy atom. The van der Waals surface area contributed by atoms with Gasteiger partial charge in [-0.3, -0.25) is 0 Å². The van der Waals surface area contributed by atoms with Crippen LogP contribution in [0.1, 0.15) is 30.0 Å². The van der Waals surface area contributed by atoms with Crippen molar-refractivity contribution in [3.05, 3.63) is 59.5 Å². The number of benzene rings is 1. The summed E-state index contributed by atoms with van der Waals surface area (Å²) in [4.78, 5) is 0. The highest BCUT2D eigenvalue weighted by atomic mass is 16.3. The van der Waals surface area contributed by atoms with Crippen molar-refractivity contribution in [1.82, 2.24) is 5.32 Å². The molecule has 84 valence electrons. The quantitative estimate of drug-likeness (QED) is 0.845. The number of hydrogen-bond acceptors (Lipinski definition) is 2. The smallest absolute Gasteiger partial charge is 0.117 e. The number of aryl methyl sites for hydroxylation is 1. The van der Waals surface area contributed by atoms with E-state index >= 15 is 0 Å². The van der Waals surface area contributed by atoms with Crippen molar-refractivity contribution in [1.29, 1.82) is 0 Å². The van der Waals surface area contributed by atoms with Gasteiger partial charge in [0, 0.05) is 6.04 Å². The monoisotopic (exact) mass is 215 g/mol. The molecule has 1 heterocycles. The second-order valence-corrected chi connectivity index (χ2v) is 4.03. The lowest BCUT2D eigenvalue weighted by atomic mass is 10.1. The van der Waals surface area contributed by atoms with E-state index in [-0.39, 0.29) is 0 Å². The molecule has 2 aromatic rings. The van der Waals surface area contributed by atoms with E-state index in [9.17, 15) is 0 Å². The van der Waals surface area contributed by atoms with Crippen LogP contribution in [0.4, 0.5) is 0 Å². The molecule has 0 fully saturated rings. The van der Waals surface area contributed by atoms with Crippen LogP contribution >= 0.6 is 0 Å². The van der Waals surface area contributed by atoms with Crippen LogP contribution in [0.5, 0.6) is 0 Å². The highest BCUT2D eigenvalue weighted by Gasteiger charge is 2.05. The summed E-state index contributed by atoms with van der Waals surface area (Å²) < 4.78 is 5.51. The second-order valence-electron chi connectivity index (χ2n) is 4.03. The first kappa shape index (κ1) is 11.0. The van der Waals surface area contributed by atoms with Crippen LogP contribution in [-0.2, 0) is 6.54 Å². The number of furan rings is 1. The molecule has 1 aromatic heterocycles. The van der Waals surface area contributed by atoms with Crippen LogP contribution in [0.2, 0.25) is 0 Å². The van der Waals surface area contributed by atoms with E-state index in [2.05, 4.69) is 36.5 Å². The minimum absolute atomic E-state index is 0.339. The van der Waals surface area contributed by atoms with Crippen LogP contribution < -0.4 is 5.32 Å². The fourth-order valence-corrected chi connectivity index (χ4v) is 1.69. The van der Waals surface area contributed by atoms with Gasteiger partial charge in [-0.1, -0.05) is 30.3 Å². The lowest BCUT2D eigenvalue weighted by Crippen LogP contribution is -2.17. The minimum Gasteiger partial charge on any atom is -0.465 e. The summed E-state index contributed by atoms with van der Waals surface area (Å²) in [5, 5.41) is 3.43. The predicted molar refractivity (Wildman–Crippen MR) is 65.1 cm³/mol. The van der Waals surface area contributed by atoms with Crippen LogP contribution in [0.3, 0.4) is 0 Å². The minimum atomic E-state index is 0.339. The van der Waals surface area contributed by atoms with Gasteiger partial charge in [0.05, 0.1) is 6.54 Å². The number of rotatable bonds is 4. The van der Waals surface area contributed by atoms with Gasteiger partial charge in [-0.05, 0) is 31.5 Å². The Balaban J connectivity index is 1.91. The molecule has 0 bridgehead atoms. The zero-order chi connectivity index (χ0) is 11.4. The van der Waals surface area contributed by atoms with Crippen LogP contribution in [0, 0.1) is 6.92 Å². The Labute approximate surface area is 96.3 Å². The summed E-state index contributed by atoms with van der Waals surface area (Å²) in [6.07, 6.45) is 0. The van der Waals surface area contributed by atoms with Crippen molar-refractivity contribution >= 4 is 0 Å². The molecule has 2 nitrogen and oxygen atoms in total. The number of nitrogens with one attached hydrogen (secondary N) is 1. The Morgan fingerprint density at radius 3 is 2.50 bits per heavy atom. The molecule has 0 radical (unpaired) electrons. The summed E-state index contributed by atoms with van der Waals surface area (Å²) in [6, 6.07) is 14.8. The summed E-state index contributed by atoms with van der Waals surface area (Å²) in [5.41, 5.74) is 1.30. The third-order valence-electron chi connectivity index (χ3n) is 2.68. The van der Waals surface area contributed by atoms with Gasteiger partial charge in [0.25, 0.3) is 0 Å². The second kappa shape index (κ2) is 4.99. The third kappa shape index (κ3) is 2.74. The van der Waals surface area contributed by atoms with Crippen LogP contribution in [0.15, 0.2) is 46.9 Å². The highest BCUT2D eigenvalue weighted by Crippen LogP contribution is 2.13. The maximum Gasteiger partial charge on any atom is 0.117 e. The average Bonchev–Trinajstić information content (AvgIpc) is 2.73. The molecular weight excluding hydrogens is 198 g/mol. The first-order valence-electron chi connectivity index (χ1n) is 5.59. The Morgan fingerprint density at radius 1 is 1.12 bits per heavy atom. The van der Waals surface area contributed by atoms with E-state index in [1.165, 1.54) is 5.56 Å². The fourth-order valence-electron chi connectivity index (χ4n) is 1.69. The topological polar surface area (TPSA) is 25.2 Å². The van der Waals surface area contributed by atoms with E-state index in [1.807, 2.05) is 25.1 Å². The van der Waals surface area contributed by atoms with Crippen molar-refractivity contribution < 1.29 is 4.42 Å². The summed E-state index contributed by atoms with van der Waals surface area (Å²) in [5.74, 6) is 1.95. The van der Waals surface area contributed by atoms with Gasteiger partial charge in [0.1, 0.15) is 11.5 Å². The maximum absolute atomic E-state index is 5.51. The van der Waals surface area contributed by atoms with Crippen molar-refractivity contribution in [3.8, 4) is 0 Å². The normalized spacial score (nSPS) is 12.6. The van der Waals surface area contributed by atoms with Crippen LogP contribution in [0.25, 0.3) is 0 Å². The van der Waals surface area contributed by atoms with Crippen molar-refractivity contribution in [2.45, 2.75) is 26.4 Å². The molecule has 0 saturated carbocycles. The van der Waals surface area contributed by atoms with E-state index in [0.29, 0.717) is 6.04 Å². The fraction of sp³-hybridized carbons (Fsp3) is 0.286. The molecule has 1 N–H and O–H groups in total. The molecule has 0 amide bonds. The molecule has 16 heavy (non-hydrogen) atoms. The zero-order valence-electron chi connectivity index (χ0n) is 9.73. The molecule has 1 atom stereocenters. The molecule has 0 spiro atoms. The molecule has 0 aliphatic heterocycles. The van der Waals surface area contributed by atoms with Crippen molar-refractivity contribution in [2.75, 3.05) is 0 Å². The number of hydrogen-bond donors (Lipinski definition) is 1. The molecule has 1 unspecified atom stereocenters. The van der Waals surface area contributed by atoms with Gasteiger partial charge < -0.3 is 9.73 Å². The molecule has 0 aliphatic carbocycles. The van der Waals surface area contributed by atoms with Gasteiger partial charge >= 0.3 is 0 Å². The lowest BCUT2D eigenvalue weighted by Gasteiger charge is -2.12. The van der Waals surface area contributed by atoms with Gasteiger partial charge in [-0.15, -0.1) is 0 Å². The van der Waals surface area contributed by atoms with Gasteiger partial charge in [-0.2, -0.15) is 0 Å². The van der Waals surface area contributed by atoms with Gasteiger partial charge in [0.2, 0.25) is 0 Å². The molecule has 2 heteroatoms. The Kier molecular flexibility index (Phi) is 3.42. The third-order valence-corrected chi connectivity index (χ3v) is 2.68. The van der Waals surface area contributed by atoms with E-state index in [4.69, 9.17) is 4.42 Å². The van der Waals surface area contributed by atoms with Gasteiger partial charge in [-0.25, -0.2) is 0 Å². The highest BCUT2D eigenvalue weighted by molar-refractivity contribution is 5.18. The Bertz CT molecular complexity index is 433. The maximum atomic E-state index is 5.51. The van der Waals surface area contributed by atoms with Crippen molar-refractivity contribution in [3.63, 3.8) is 0 Å². The summed E-state index contributed by atoms with van der Waals surface area (Å²) in [6.45, 7) is 4.89. The van der Waals surface area contributed by atoms with Crippen molar-refractivity contribution in [2.24, 2.45) is 0 Å². The largest absolute Gasteiger partial charge is 0.465 e. The average molecular weight is 215 g/mol. The van der Waals surface area contributed by atoms with Gasteiger partial charge in [0.15, 0.2) is 0 Å². The van der Waals surface area contributed by atoms with E-state index in [0.717, 1.165) is 18.1 Å². The molecule has 1 aromatic carbocycles. The van der Waals surface area contributed by atoms with E-state index < -0.39 is 0 Å². The first-order chi connectivity index (χ1) is 7.75. The van der Waals surface area contributed by atoms with Crippen LogP contribution in [-0.4, -0.2) is 0 Å². The molecule has 0 saturated heterocycles. The lowest BCUT2D eigenvalue weighted by molar-refractivity contribution is 0.444.